The number of nitrogens with zero attached hydrogens (tertiary/aromatic N) is 4. The maximum atomic E-state index is 13.0. The van der Waals surface area contributed by atoms with Crippen LogP contribution in [-0.2, 0) is 11.0 Å². The molecule has 204 valence electrons. The number of nitrogens with one attached hydrogen (secondary N) is 2. The Morgan fingerprint density at radius 1 is 0.925 bits per heavy atom. The van der Waals surface area contributed by atoms with Crippen molar-refractivity contribution in [3.8, 4) is 22.4 Å². The van der Waals surface area contributed by atoms with Gasteiger partial charge in [-0.25, -0.2) is 4.98 Å². The van der Waals surface area contributed by atoms with Crippen LogP contribution in [0.25, 0.3) is 22.4 Å². The Labute approximate surface area is 228 Å². The number of pyridine rings is 2. The van der Waals surface area contributed by atoms with Crippen LogP contribution < -0.4 is 10.6 Å². The molecule has 2 N–H and O–H groups in total. The quantitative estimate of drug-likeness (QED) is 0.293. The van der Waals surface area contributed by atoms with Crippen molar-refractivity contribution in [2.24, 2.45) is 5.41 Å². The highest BCUT2D eigenvalue weighted by Gasteiger charge is 2.39. The van der Waals surface area contributed by atoms with Crippen molar-refractivity contribution in [2.75, 3.05) is 10.6 Å². The second kappa shape index (κ2) is 10.5. The number of amides is 2. The van der Waals surface area contributed by atoms with Gasteiger partial charge in [0.05, 0.1) is 17.5 Å². The van der Waals surface area contributed by atoms with E-state index in [2.05, 4.69) is 30.8 Å². The summed E-state index contributed by atoms with van der Waals surface area (Å²) in [6.45, 7) is 3.85. The molecule has 0 saturated heterocycles. The second-order valence-electron chi connectivity index (χ2n) is 10.0. The average Bonchev–Trinajstić information content (AvgIpc) is 2.92. The molecule has 11 heteroatoms. The summed E-state index contributed by atoms with van der Waals surface area (Å²) in [6, 6.07) is 13.1. The summed E-state index contributed by atoms with van der Waals surface area (Å²) in [5, 5.41) is 12.3. The van der Waals surface area contributed by atoms with Crippen LogP contribution in [0.2, 0.25) is 0 Å². The molecule has 8 nitrogen and oxygen atoms in total. The van der Waals surface area contributed by atoms with Crippen LogP contribution in [0, 0.1) is 12.3 Å². The Hall–Kier alpha value is -4.67. The Balaban J connectivity index is 1.37. The molecule has 0 atom stereocenters. The first kappa shape index (κ1) is 26.9. The second-order valence-corrected chi connectivity index (χ2v) is 10.0. The summed E-state index contributed by atoms with van der Waals surface area (Å²) in [7, 11) is 0. The van der Waals surface area contributed by atoms with Gasteiger partial charge in [-0.15, -0.1) is 5.10 Å². The molecule has 1 fully saturated rings. The summed E-state index contributed by atoms with van der Waals surface area (Å²) in [5.74, 6) is -0.414. The largest absolute Gasteiger partial charge is 0.418 e. The number of aromatic nitrogens is 4. The number of carbonyl (C=O) groups is 2. The number of hydrogen-bond acceptors (Lipinski definition) is 6. The Morgan fingerprint density at radius 3 is 2.40 bits per heavy atom. The number of halogens is 3. The minimum Gasteiger partial charge on any atom is -0.321 e. The summed E-state index contributed by atoms with van der Waals surface area (Å²) in [6.07, 6.45) is 1.94. The first-order chi connectivity index (χ1) is 19.0. The van der Waals surface area contributed by atoms with Gasteiger partial charge in [0.1, 0.15) is 5.82 Å². The molecular formula is C29H25F3N6O2. The Kier molecular flexibility index (Phi) is 7.05. The van der Waals surface area contributed by atoms with Gasteiger partial charge in [0.2, 0.25) is 5.91 Å². The summed E-state index contributed by atoms with van der Waals surface area (Å²) in [4.78, 5) is 34.0. The first-order valence-corrected chi connectivity index (χ1v) is 12.6. The molecule has 0 aliphatic heterocycles. The molecule has 1 aromatic carbocycles. The first-order valence-electron chi connectivity index (χ1n) is 12.6. The lowest BCUT2D eigenvalue weighted by molar-refractivity contribution is -0.138. The molecule has 1 aliphatic carbocycles. The molecule has 0 spiro atoms. The monoisotopic (exact) mass is 546 g/mol. The molecule has 2 amide bonds. The smallest absolute Gasteiger partial charge is 0.321 e. The van der Waals surface area contributed by atoms with Crippen LogP contribution in [0.4, 0.5) is 24.7 Å². The van der Waals surface area contributed by atoms with Gasteiger partial charge in [0.25, 0.3) is 5.91 Å². The third-order valence-electron chi connectivity index (χ3n) is 7.08. The van der Waals surface area contributed by atoms with Crippen LogP contribution in [0.1, 0.15) is 47.8 Å². The van der Waals surface area contributed by atoms with E-state index in [9.17, 15) is 22.8 Å². The molecule has 1 saturated carbocycles. The Bertz CT molecular complexity index is 1600. The maximum Gasteiger partial charge on any atom is 0.418 e. The minimum atomic E-state index is -4.64. The number of alkyl halides is 3. The minimum absolute atomic E-state index is 0.0456. The lowest BCUT2D eigenvalue weighted by atomic mass is 9.70. The maximum absolute atomic E-state index is 13.0. The predicted molar refractivity (Wildman–Crippen MR) is 143 cm³/mol. The zero-order valence-electron chi connectivity index (χ0n) is 21.7. The molecule has 0 radical (unpaired) electrons. The van der Waals surface area contributed by atoms with Crippen LogP contribution >= 0.6 is 0 Å². The fourth-order valence-corrected chi connectivity index (χ4v) is 4.45. The van der Waals surface area contributed by atoms with Crippen LogP contribution in [0.15, 0.2) is 67.1 Å². The van der Waals surface area contributed by atoms with E-state index in [1.807, 2.05) is 26.0 Å². The molecule has 3 aromatic heterocycles. The third kappa shape index (κ3) is 5.68. The van der Waals surface area contributed by atoms with Crippen molar-refractivity contribution in [3.05, 3.63) is 83.9 Å². The summed E-state index contributed by atoms with van der Waals surface area (Å²) >= 11 is 0. The highest BCUT2D eigenvalue weighted by atomic mass is 19.4. The van der Waals surface area contributed by atoms with E-state index >= 15 is 0 Å². The summed E-state index contributed by atoms with van der Waals surface area (Å²) in [5.41, 5.74) is 2.43. The molecule has 3 heterocycles. The number of anilines is 2. The zero-order valence-corrected chi connectivity index (χ0v) is 21.7. The van der Waals surface area contributed by atoms with Crippen molar-refractivity contribution < 1.29 is 22.8 Å². The lowest BCUT2D eigenvalue weighted by Gasteiger charge is -2.36. The topological polar surface area (TPSA) is 110 Å². The molecular weight excluding hydrogens is 521 g/mol. The number of aryl methyl sites for hydroxylation is 1. The van der Waals surface area contributed by atoms with E-state index in [4.69, 9.17) is 0 Å². The van der Waals surface area contributed by atoms with Crippen LogP contribution in [-0.4, -0.2) is 32.0 Å². The van der Waals surface area contributed by atoms with E-state index in [-0.39, 0.29) is 11.3 Å². The van der Waals surface area contributed by atoms with Crippen LogP contribution in [0.5, 0.6) is 0 Å². The lowest BCUT2D eigenvalue weighted by Crippen LogP contribution is -2.39. The van der Waals surface area contributed by atoms with Gasteiger partial charge in [-0.3, -0.25) is 14.6 Å². The average molecular weight is 547 g/mol. The van der Waals surface area contributed by atoms with Gasteiger partial charge >= 0.3 is 6.18 Å². The molecule has 4 aromatic rings. The van der Waals surface area contributed by atoms with Gasteiger partial charge in [0, 0.05) is 29.1 Å². The van der Waals surface area contributed by atoms with E-state index in [1.165, 1.54) is 0 Å². The van der Waals surface area contributed by atoms with Gasteiger partial charge < -0.3 is 10.6 Å². The number of carbonyl (C=O) groups excluding carboxylic acids is 2. The standard InChI is InChI=1S/C29H25F3N6O2/c1-17-4-5-21(36-26(39)24-14-20(16-35-38-24)29(30,31)32)15-22(17)18-6-10-33-23(12-18)19-7-11-34-25(13-19)37-27(40)28(2)8-3-9-28/h4-7,10-16H,3,8-9H2,1-2H3,(H,36,39)(H,34,37,40). The summed E-state index contributed by atoms with van der Waals surface area (Å²) < 4.78 is 39.0. The van der Waals surface area contributed by atoms with Crippen molar-refractivity contribution in [1.29, 1.82) is 0 Å². The fourth-order valence-electron chi connectivity index (χ4n) is 4.45. The number of rotatable bonds is 6. The highest BCUT2D eigenvalue weighted by Crippen LogP contribution is 2.41. The van der Waals surface area contributed by atoms with E-state index in [0.29, 0.717) is 29.5 Å². The van der Waals surface area contributed by atoms with Crippen LogP contribution in [0.3, 0.4) is 0 Å². The van der Waals surface area contributed by atoms with Gasteiger partial charge in [-0.05, 0) is 78.9 Å². The Morgan fingerprint density at radius 2 is 1.68 bits per heavy atom. The third-order valence-corrected chi connectivity index (χ3v) is 7.08. The van der Waals surface area contributed by atoms with Gasteiger partial charge in [-0.2, -0.15) is 18.3 Å². The zero-order chi connectivity index (χ0) is 28.5. The number of benzene rings is 1. The van der Waals surface area contributed by atoms with Crippen molar-refractivity contribution in [2.45, 2.75) is 39.3 Å². The van der Waals surface area contributed by atoms with Crippen molar-refractivity contribution in [1.82, 2.24) is 20.2 Å². The van der Waals surface area contributed by atoms with E-state index in [1.54, 1.807) is 42.7 Å². The van der Waals surface area contributed by atoms with E-state index < -0.39 is 23.3 Å². The van der Waals surface area contributed by atoms with Crippen molar-refractivity contribution in [3.63, 3.8) is 0 Å². The molecule has 0 unspecified atom stereocenters. The molecule has 1 aliphatic rings. The fraction of sp³-hybridized carbons (Fsp3) is 0.241. The molecule has 40 heavy (non-hydrogen) atoms. The molecule has 5 rings (SSSR count). The number of hydrogen-bond donors (Lipinski definition) is 2. The SMILES string of the molecule is Cc1ccc(NC(=O)c2cc(C(F)(F)F)cnn2)cc1-c1ccnc(-c2ccnc(NC(=O)C3(C)CCC3)c2)c1. The van der Waals surface area contributed by atoms with Gasteiger partial charge in [-0.1, -0.05) is 19.4 Å². The normalized spacial score (nSPS) is 14.2. The molecule has 0 bridgehead atoms. The highest BCUT2D eigenvalue weighted by molar-refractivity contribution is 6.03. The van der Waals surface area contributed by atoms with Gasteiger partial charge in [0.15, 0.2) is 5.69 Å². The van der Waals surface area contributed by atoms with E-state index in [0.717, 1.165) is 41.5 Å². The predicted octanol–water partition coefficient (Wildman–Crippen LogP) is 6.31. The van der Waals surface area contributed by atoms with Crippen molar-refractivity contribution >= 4 is 23.3 Å².